The Labute approximate surface area is 118 Å². The van der Waals surface area contributed by atoms with Crippen molar-refractivity contribution in [2.45, 2.75) is 66.0 Å². The topological polar surface area (TPSA) is 29.9 Å². The molecule has 2 aliphatic carbocycles. The fourth-order valence-electron chi connectivity index (χ4n) is 2.67. The van der Waals surface area contributed by atoms with E-state index in [2.05, 4.69) is 31.3 Å². The number of nitrogens with zero attached hydrogens (tertiary/aromatic N) is 2. The largest absolute Gasteiger partial charge is 0.317 e. The standard InChI is InChI=1S/C7H12N2.C7H13N.C2H6/c1-6(2)9-5-4-7(3)8-9;1-8-7-3-5-2-6(5)4-7;1-2/h4-6H,1-3H3;5-8H,2-4H2,1H3;1-2H3. The molecular formula is C16H31N3. The first kappa shape index (κ1) is 16.2. The number of rotatable bonds is 2. The first-order valence-electron chi connectivity index (χ1n) is 7.79. The molecule has 1 aromatic rings. The van der Waals surface area contributed by atoms with Crippen molar-refractivity contribution in [2.24, 2.45) is 11.8 Å². The molecule has 2 aliphatic rings. The highest BCUT2D eigenvalue weighted by Gasteiger charge is 2.45. The van der Waals surface area contributed by atoms with Gasteiger partial charge in [0.05, 0.1) is 5.69 Å². The third-order valence-corrected chi connectivity index (χ3v) is 3.92. The van der Waals surface area contributed by atoms with E-state index < -0.39 is 0 Å². The SMILES string of the molecule is CC.CNC1CC2CC2C1.Cc1ccn(C(C)C)n1. The van der Waals surface area contributed by atoms with E-state index in [0.29, 0.717) is 6.04 Å². The van der Waals surface area contributed by atoms with Crippen molar-refractivity contribution >= 4 is 0 Å². The summed E-state index contributed by atoms with van der Waals surface area (Å²) >= 11 is 0. The molecule has 1 heterocycles. The molecular weight excluding hydrogens is 234 g/mol. The fourth-order valence-corrected chi connectivity index (χ4v) is 2.67. The van der Waals surface area contributed by atoms with Crippen LogP contribution in [0.3, 0.4) is 0 Å². The number of aromatic nitrogens is 2. The Morgan fingerprint density at radius 1 is 1.21 bits per heavy atom. The quantitative estimate of drug-likeness (QED) is 0.881. The zero-order valence-corrected chi connectivity index (χ0v) is 13.5. The Morgan fingerprint density at radius 3 is 2.05 bits per heavy atom. The van der Waals surface area contributed by atoms with Crippen LogP contribution >= 0.6 is 0 Å². The summed E-state index contributed by atoms with van der Waals surface area (Å²) in [6, 6.07) is 3.37. The molecule has 0 saturated heterocycles. The third kappa shape index (κ3) is 4.98. The van der Waals surface area contributed by atoms with Crippen molar-refractivity contribution in [3.8, 4) is 0 Å². The zero-order valence-electron chi connectivity index (χ0n) is 13.5. The van der Waals surface area contributed by atoms with Gasteiger partial charge in [0.15, 0.2) is 0 Å². The number of hydrogen-bond acceptors (Lipinski definition) is 2. The predicted octanol–water partition coefficient (Wildman–Crippen LogP) is 3.80. The first-order chi connectivity index (χ1) is 9.10. The number of aryl methyl sites for hydroxylation is 1. The van der Waals surface area contributed by atoms with Gasteiger partial charge in [0, 0.05) is 18.3 Å². The molecule has 1 N–H and O–H groups in total. The number of hydrogen-bond donors (Lipinski definition) is 1. The van der Waals surface area contributed by atoms with Gasteiger partial charge in [0.25, 0.3) is 0 Å². The Balaban J connectivity index is 0.000000169. The maximum Gasteiger partial charge on any atom is 0.0593 e. The summed E-state index contributed by atoms with van der Waals surface area (Å²) in [6.45, 7) is 10.2. The lowest BCUT2D eigenvalue weighted by molar-refractivity contribution is 0.524. The van der Waals surface area contributed by atoms with Gasteiger partial charge in [-0.25, -0.2) is 0 Å². The minimum Gasteiger partial charge on any atom is -0.317 e. The first-order valence-corrected chi connectivity index (χ1v) is 7.79. The Morgan fingerprint density at radius 2 is 1.79 bits per heavy atom. The van der Waals surface area contributed by atoms with Crippen molar-refractivity contribution in [3.05, 3.63) is 18.0 Å². The number of nitrogens with one attached hydrogen (secondary N) is 1. The highest BCUT2D eigenvalue weighted by molar-refractivity contribution is 4.98. The van der Waals surface area contributed by atoms with Crippen LogP contribution in [-0.4, -0.2) is 22.9 Å². The second-order valence-corrected chi connectivity index (χ2v) is 5.74. The van der Waals surface area contributed by atoms with E-state index in [9.17, 15) is 0 Å². The average Bonchev–Trinajstić information content (AvgIpc) is 2.83. The van der Waals surface area contributed by atoms with E-state index in [1.165, 1.54) is 19.3 Å². The molecule has 0 radical (unpaired) electrons. The Kier molecular flexibility index (Phi) is 6.56. The van der Waals surface area contributed by atoms with Crippen molar-refractivity contribution < 1.29 is 0 Å². The van der Waals surface area contributed by atoms with Crippen LogP contribution in [0.4, 0.5) is 0 Å². The van der Waals surface area contributed by atoms with Gasteiger partial charge in [0.2, 0.25) is 0 Å². The van der Waals surface area contributed by atoms with E-state index in [0.717, 1.165) is 23.6 Å². The molecule has 0 aromatic carbocycles. The molecule has 3 heteroatoms. The summed E-state index contributed by atoms with van der Waals surface area (Å²) in [5.74, 6) is 2.26. The van der Waals surface area contributed by atoms with Crippen molar-refractivity contribution in [3.63, 3.8) is 0 Å². The second kappa shape index (κ2) is 7.68. The Bertz CT molecular complexity index is 347. The molecule has 2 atom stereocenters. The normalized spacial score (nSPS) is 27.0. The predicted molar refractivity (Wildman–Crippen MR) is 82.4 cm³/mol. The van der Waals surface area contributed by atoms with Gasteiger partial charge in [-0.15, -0.1) is 0 Å². The summed E-state index contributed by atoms with van der Waals surface area (Å²) in [5, 5.41) is 7.55. The fraction of sp³-hybridized carbons (Fsp3) is 0.812. The molecule has 0 bridgehead atoms. The van der Waals surface area contributed by atoms with E-state index in [4.69, 9.17) is 0 Å². The molecule has 0 aliphatic heterocycles. The molecule has 2 unspecified atom stereocenters. The van der Waals surface area contributed by atoms with E-state index in [1.807, 2.05) is 37.7 Å². The Hall–Kier alpha value is -0.830. The van der Waals surface area contributed by atoms with Crippen LogP contribution in [0, 0.1) is 18.8 Å². The highest BCUT2D eigenvalue weighted by Crippen LogP contribution is 2.51. The van der Waals surface area contributed by atoms with Gasteiger partial charge < -0.3 is 5.32 Å². The molecule has 3 rings (SSSR count). The monoisotopic (exact) mass is 265 g/mol. The molecule has 19 heavy (non-hydrogen) atoms. The van der Waals surface area contributed by atoms with Gasteiger partial charge >= 0.3 is 0 Å². The lowest BCUT2D eigenvalue weighted by Gasteiger charge is -2.07. The smallest absolute Gasteiger partial charge is 0.0593 e. The second-order valence-electron chi connectivity index (χ2n) is 5.74. The van der Waals surface area contributed by atoms with Crippen LogP contribution in [0.2, 0.25) is 0 Å². The minimum atomic E-state index is 0.485. The van der Waals surface area contributed by atoms with Crippen LogP contribution in [0.15, 0.2) is 12.3 Å². The van der Waals surface area contributed by atoms with Crippen molar-refractivity contribution in [2.75, 3.05) is 7.05 Å². The molecule has 2 saturated carbocycles. The molecule has 0 spiro atoms. The molecule has 3 nitrogen and oxygen atoms in total. The summed E-state index contributed by atoms with van der Waals surface area (Å²) in [4.78, 5) is 0. The van der Waals surface area contributed by atoms with E-state index in [-0.39, 0.29) is 0 Å². The zero-order chi connectivity index (χ0) is 14.4. The van der Waals surface area contributed by atoms with Crippen molar-refractivity contribution in [1.82, 2.24) is 15.1 Å². The van der Waals surface area contributed by atoms with Crippen molar-refractivity contribution in [1.29, 1.82) is 0 Å². The van der Waals surface area contributed by atoms with Gasteiger partial charge in [-0.3, -0.25) is 4.68 Å². The number of fused-ring (bicyclic) bond motifs is 1. The van der Waals surface area contributed by atoms with E-state index in [1.54, 1.807) is 0 Å². The minimum absolute atomic E-state index is 0.485. The molecule has 110 valence electrons. The van der Waals surface area contributed by atoms with Crippen LogP contribution in [0.25, 0.3) is 0 Å². The maximum absolute atomic E-state index is 4.23. The summed E-state index contributed by atoms with van der Waals surface area (Å²) in [5.41, 5.74) is 1.09. The molecule has 1 aromatic heterocycles. The molecule has 0 amide bonds. The van der Waals surface area contributed by atoms with Gasteiger partial charge in [0.1, 0.15) is 0 Å². The third-order valence-electron chi connectivity index (χ3n) is 3.92. The highest BCUT2D eigenvalue weighted by atomic mass is 15.3. The van der Waals surface area contributed by atoms with Gasteiger partial charge in [-0.05, 0) is 65.0 Å². The van der Waals surface area contributed by atoms with Crippen LogP contribution < -0.4 is 5.32 Å². The van der Waals surface area contributed by atoms with Gasteiger partial charge in [-0.2, -0.15) is 5.10 Å². The van der Waals surface area contributed by atoms with Crippen LogP contribution in [-0.2, 0) is 0 Å². The molecule has 2 fully saturated rings. The van der Waals surface area contributed by atoms with E-state index >= 15 is 0 Å². The lowest BCUT2D eigenvalue weighted by Crippen LogP contribution is -2.22. The van der Waals surface area contributed by atoms with Gasteiger partial charge in [-0.1, -0.05) is 13.8 Å². The lowest BCUT2D eigenvalue weighted by atomic mass is 10.2. The van der Waals surface area contributed by atoms with Crippen LogP contribution in [0.5, 0.6) is 0 Å². The summed E-state index contributed by atoms with van der Waals surface area (Å²) < 4.78 is 1.95. The summed E-state index contributed by atoms with van der Waals surface area (Å²) in [6.07, 6.45) is 6.46. The van der Waals surface area contributed by atoms with Crippen LogP contribution in [0.1, 0.15) is 58.7 Å². The average molecular weight is 265 g/mol. The maximum atomic E-state index is 4.23. The summed E-state index contributed by atoms with van der Waals surface area (Å²) in [7, 11) is 2.08.